The Hall–Kier alpha value is -1.59. The van der Waals surface area contributed by atoms with Gasteiger partial charge in [-0.1, -0.05) is 49.4 Å². The Morgan fingerprint density at radius 3 is 2.44 bits per heavy atom. The molecule has 1 aromatic heterocycles. The van der Waals surface area contributed by atoms with Crippen molar-refractivity contribution in [3.05, 3.63) is 62.5 Å². The Morgan fingerprint density at radius 2 is 1.85 bits per heavy atom. The zero-order valence-electron chi connectivity index (χ0n) is 15.6. The highest BCUT2D eigenvalue weighted by atomic mass is 35.5. The van der Waals surface area contributed by atoms with Crippen molar-refractivity contribution in [1.82, 2.24) is 4.98 Å². The molecule has 2 fully saturated rings. The summed E-state index contributed by atoms with van der Waals surface area (Å²) in [5.41, 5.74) is 2.26. The number of aromatic amines is 1. The highest BCUT2D eigenvalue weighted by molar-refractivity contribution is 7.90. The normalized spacial score (nSPS) is 25.7. The minimum atomic E-state index is -3.37. The minimum absolute atomic E-state index is 0.0669. The van der Waals surface area contributed by atoms with Gasteiger partial charge in [-0.2, -0.15) is 0 Å². The zero-order chi connectivity index (χ0) is 19.4. The molecule has 2 aliphatic rings. The first kappa shape index (κ1) is 18.8. The van der Waals surface area contributed by atoms with E-state index in [1.54, 1.807) is 19.1 Å². The lowest BCUT2D eigenvalue weighted by Gasteiger charge is -2.22. The maximum Gasteiger partial charge on any atom is 0.251 e. The van der Waals surface area contributed by atoms with E-state index in [0.717, 1.165) is 17.7 Å². The van der Waals surface area contributed by atoms with Gasteiger partial charge in [0.1, 0.15) is 0 Å². The summed E-state index contributed by atoms with van der Waals surface area (Å²) < 4.78 is 23.8. The van der Waals surface area contributed by atoms with E-state index in [1.807, 2.05) is 18.2 Å². The SMILES string of the molecule is Cc1ccc(C2(c3ccc(S(C)(=O)=O)c(Cl)c3)CC2C2CCCC2)[nH]c1=O. The molecule has 1 heterocycles. The molecule has 27 heavy (non-hydrogen) atoms. The van der Waals surface area contributed by atoms with Crippen LogP contribution in [0.1, 0.15) is 48.9 Å². The van der Waals surface area contributed by atoms with Gasteiger partial charge in [-0.3, -0.25) is 4.79 Å². The van der Waals surface area contributed by atoms with E-state index >= 15 is 0 Å². The molecule has 0 saturated heterocycles. The lowest BCUT2D eigenvalue weighted by molar-refractivity contribution is 0.442. The van der Waals surface area contributed by atoms with E-state index in [4.69, 9.17) is 11.6 Å². The highest BCUT2D eigenvalue weighted by Crippen LogP contribution is 2.64. The molecule has 1 aromatic carbocycles. The van der Waals surface area contributed by atoms with Gasteiger partial charge in [0, 0.05) is 22.9 Å². The van der Waals surface area contributed by atoms with Gasteiger partial charge in [-0.05, 0) is 48.9 Å². The third-order valence-corrected chi connectivity index (χ3v) is 8.00. The van der Waals surface area contributed by atoms with Crippen molar-refractivity contribution in [2.45, 2.75) is 49.3 Å². The number of aromatic nitrogens is 1. The molecule has 1 N–H and O–H groups in total. The van der Waals surface area contributed by atoms with Crippen molar-refractivity contribution >= 4 is 21.4 Å². The fourth-order valence-electron chi connectivity index (χ4n) is 4.90. The van der Waals surface area contributed by atoms with Crippen molar-refractivity contribution in [2.75, 3.05) is 6.26 Å². The van der Waals surface area contributed by atoms with Gasteiger partial charge in [0.15, 0.2) is 9.84 Å². The number of nitrogens with one attached hydrogen (secondary N) is 1. The van der Waals surface area contributed by atoms with Crippen LogP contribution in [0.4, 0.5) is 0 Å². The number of aryl methyl sites for hydroxylation is 1. The average Bonchev–Trinajstić information content (AvgIpc) is 3.12. The van der Waals surface area contributed by atoms with Crippen LogP contribution in [0.3, 0.4) is 0 Å². The van der Waals surface area contributed by atoms with Crippen LogP contribution in [0.25, 0.3) is 0 Å². The van der Waals surface area contributed by atoms with Crippen molar-refractivity contribution in [3.63, 3.8) is 0 Å². The molecule has 2 aliphatic carbocycles. The quantitative estimate of drug-likeness (QED) is 0.827. The minimum Gasteiger partial charge on any atom is -0.325 e. The van der Waals surface area contributed by atoms with Crippen LogP contribution in [0, 0.1) is 18.8 Å². The van der Waals surface area contributed by atoms with Crippen LogP contribution in [-0.2, 0) is 15.3 Å². The number of hydrogen-bond acceptors (Lipinski definition) is 3. The van der Waals surface area contributed by atoms with Gasteiger partial charge in [0.25, 0.3) is 5.56 Å². The van der Waals surface area contributed by atoms with Gasteiger partial charge >= 0.3 is 0 Å². The first-order chi connectivity index (χ1) is 12.7. The molecule has 4 rings (SSSR count). The fourth-order valence-corrected chi connectivity index (χ4v) is 6.23. The molecule has 0 spiro atoms. The van der Waals surface area contributed by atoms with Gasteiger partial charge < -0.3 is 4.98 Å². The second-order valence-electron chi connectivity index (χ2n) is 8.13. The Kier molecular flexibility index (Phi) is 4.51. The molecule has 0 aliphatic heterocycles. The number of halogens is 1. The summed E-state index contributed by atoms with van der Waals surface area (Å²) in [5, 5.41) is 0.251. The Bertz CT molecular complexity index is 1050. The Morgan fingerprint density at radius 1 is 1.15 bits per heavy atom. The third kappa shape index (κ3) is 3.15. The van der Waals surface area contributed by atoms with Crippen LogP contribution in [-0.4, -0.2) is 19.7 Å². The highest BCUT2D eigenvalue weighted by Gasteiger charge is 2.60. The van der Waals surface area contributed by atoms with E-state index in [-0.39, 0.29) is 20.9 Å². The Labute approximate surface area is 164 Å². The predicted octanol–water partition coefficient (Wildman–Crippen LogP) is 4.24. The zero-order valence-corrected chi connectivity index (χ0v) is 17.2. The molecule has 6 heteroatoms. The molecule has 2 aromatic rings. The van der Waals surface area contributed by atoms with Crippen molar-refractivity contribution < 1.29 is 8.42 Å². The summed E-state index contributed by atoms with van der Waals surface area (Å²) >= 11 is 6.35. The topological polar surface area (TPSA) is 67.0 Å². The fraction of sp³-hybridized carbons (Fsp3) is 0.476. The van der Waals surface area contributed by atoms with E-state index in [0.29, 0.717) is 17.4 Å². The number of hydrogen-bond donors (Lipinski definition) is 1. The Balaban J connectivity index is 1.83. The monoisotopic (exact) mass is 405 g/mol. The smallest absolute Gasteiger partial charge is 0.251 e. The maximum absolute atomic E-state index is 12.3. The average molecular weight is 406 g/mol. The van der Waals surface area contributed by atoms with Gasteiger partial charge in [0.2, 0.25) is 0 Å². The van der Waals surface area contributed by atoms with Gasteiger partial charge in [-0.25, -0.2) is 8.42 Å². The lowest BCUT2D eigenvalue weighted by atomic mass is 9.84. The van der Waals surface area contributed by atoms with Crippen LogP contribution >= 0.6 is 11.6 Å². The summed E-state index contributed by atoms with van der Waals surface area (Å²) in [5.74, 6) is 1.10. The number of rotatable bonds is 4. The summed E-state index contributed by atoms with van der Waals surface area (Å²) in [7, 11) is -3.37. The molecule has 2 atom stereocenters. The number of pyridine rings is 1. The van der Waals surface area contributed by atoms with Crippen LogP contribution < -0.4 is 5.56 Å². The number of H-pyrrole nitrogens is 1. The first-order valence-corrected chi connectivity index (χ1v) is 11.7. The number of benzene rings is 1. The molecule has 0 bridgehead atoms. The van der Waals surface area contributed by atoms with Crippen LogP contribution in [0.2, 0.25) is 5.02 Å². The maximum atomic E-state index is 12.3. The van der Waals surface area contributed by atoms with Gasteiger partial charge in [-0.15, -0.1) is 0 Å². The first-order valence-electron chi connectivity index (χ1n) is 9.44. The summed E-state index contributed by atoms with van der Waals surface area (Å²) in [6.45, 7) is 1.80. The standard InChI is InChI=1S/C21H24ClNO3S/c1-13-7-10-19(23-20(13)24)21(12-16(21)14-5-3-4-6-14)15-8-9-18(17(22)11-15)27(2,25)26/h7-11,14,16H,3-6,12H2,1-2H3,(H,23,24). The van der Waals surface area contributed by atoms with E-state index in [1.165, 1.54) is 31.9 Å². The van der Waals surface area contributed by atoms with E-state index in [2.05, 4.69) is 4.98 Å². The second-order valence-corrected chi connectivity index (χ2v) is 10.5. The van der Waals surface area contributed by atoms with E-state index < -0.39 is 9.84 Å². The van der Waals surface area contributed by atoms with E-state index in [9.17, 15) is 13.2 Å². The molecule has 0 amide bonds. The second kappa shape index (κ2) is 6.49. The molecule has 0 radical (unpaired) electrons. The molecule has 2 saturated carbocycles. The van der Waals surface area contributed by atoms with Crippen molar-refractivity contribution in [3.8, 4) is 0 Å². The largest absolute Gasteiger partial charge is 0.325 e. The molecule has 4 nitrogen and oxygen atoms in total. The van der Waals surface area contributed by atoms with Crippen LogP contribution in [0.15, 0.2) is 40.0 Å². The molecular weight excluding hydrogens is 382 g/mol. The molecular formula is C21H24ClNO3S. The summed E-state index contributed by atoms with van der Waals surface area (Å²) in [6.07, 6.45) is 7.09. The van der Waals surface area contributed by atoms with Crippen LogP contribution in [0.5, 0.6) is 0 Å². The predicted molar refractivity (Wildman–Crippen MR) is 107 cm³/mol. The lowest BCUT2D eigenvalue weighted by Crippen LogP contribution is -2.22. The van der Waals surface area contributed by atoms with Crippen molar-refractivity contribution in [2.24, 2.45) is 11.8 Å². The number of sulfone groups is 1. The summed E-state index contributed by atoms with van der Waals surface area (Å²) in [4.78, 5) is 15.5. The molecule has 144 valence electrons. The van der Waals surface area contributed by atoms with Crippen molar-refractivity contribution in [1.29, 1.82) is 0 Å². The third-order valence-electron chi connectivity index (χ3n) is 6.42. The van der Waals surface area contributed by atoms with Gasteiger partial charge in [0.05, 0.1) is 9.92 Å². The summed E-state index contributed by atoms with van der Waals surface area (Å²) in [6, 6.07) is 9.13. The molecule has 2 unspecified atom stereocenters.